The molecule has 0 radical (unpaired) electrons. The third kappa shape index (κ3) is 4.16. The van der Waals surface area contributed by atoms with E-state index in [0.29, 0.717) is 22.9 Å². The average Bonchev–Trinajstić information content (AvgIpc) is 3.36. The highest BCUT2D eigenvalue weighted by Gasteiger charge is 2.38. The third-order valence-electron chi connectivity index (χ3n) is 8.34. The van der Waals surface area contributed by atoms with Crippen molar-refractivity contribution in [2.24, 2.45) is 0 Å². The van der Waals surface area contributed by atoms with E-state index in [-0.39, 0.29) is 11.4 Å². The molecular formula is C37H28O3P2. The Morgan fingerprint density at radius 2 is 1.00 bits per heavy atom. The van der Waals surface area contributed by atoms with Gasteiger partial charge in [-0.2, -0.15) is 0 Å². The number of ketones is 1. The number of carbonyl (C=O) groups excluding carboxylic acids is 1. The second-order valence-corrected chi connectivity index (χ2v) is 16.5. The number of carbonyl (C=O) groups is 1. The van der Waals surface area contributed by atoms with Gasteiger partial charge in [0.1, 0.15) is 7.14 Å². The minimum Gasteiger partial charge on any atom is -0.313 e. The number of benzene rings is 5. The zero-order valence-corrected chi connectivity index (χ0v) is 24.6. The van der Waals surface area contributed by atoms with Crippen LogP contribution in [0, 0.1) is 0 Å². The van der Waals surface area contributed by atoms with E-state index in [1.807, 2.05) is 140 Å². The topological polar surface area (TPSA) is 51.2 Å². The molecule has 0 bridgehead atoms. The Hall–Kier alpha value is -4.29. The van der Waals surface area contributed by atoms with Crippen molar-refractivity contribution >= 4 is 46.6 Å². The molecular weight excluding hydrogens is 554 g/mol. The first-order chi connectivity index (χ1) is 20.5. The fourth-order valence-corrected chi connectivity index (χ4v) is 11.9. The highest BCUT2D eigenvalue weighted by atomic mass is 31.2. The van der Waals surface area contributed by atoms with Gasteiger partial charge in [0.05, 0.1) is 0 Å². The maximum Gasteiger partial charge on any atom is 0.194 e. The molecule has 5 heteroatoms. The summed E-state index contributed by atoms with van der Waals surface area (Å²) in [6.07, 6.45) is 8.73. The molecule has 0 heterocycles. The van der Waals surface area contributed by atoms with Gasteiger partial charge in [-0.25, -0.2) is 0 Å². The first kappa shape index (κ1) is 26.6. The van der Waals surface area contributed by atoms with Crippen molar-refractivity contribution in [3.63, 3.8) is 0 Å². The Morgan fingerprint density at radius 1 is 0.500 bits per heavy atom. The van der Waals surface area contributed by atoms with Gasteiger partial charge in [-0.3, -0.25) is 4.79 Å². The van der Waals surface area contributed by atoms with Gasteiger partial charge in [-0.1, -0.05) is 127 Å². The predicted molar refractivity (Wildman–Crippen MR) is 175 cm³/mol. The zero-order valence-electron chi connectivity index (χ0n) is 22.8. The van der Waals surface area contributed by atoms with Crippen LogP contribution < -0.4 is 26.5 Å². The van der Waals surface area contributed by atoms with Crippen molar-refractivity contribution in [2.45, 2.75) is 12.1 Å². The second-order valence-electron chi connectivity index (χ2n) is 10.7. The molecule has 0 aliphatic heterocycles. The van der Waals surface area contributed by atoms with Crippen molar-refractivity contribution in [2.75, 3.05) is 0 Å². The molecule has 0 saturated carbocycles. The van der Waals surface area contributed by atoms with E-state index in [9.17, 15) is 4.79 Å². The zero-order chi connectivity index (χ0) is 28.7. The monoisotopic (exact) mass is 582 g/mol. The van der Waals surface area contributed by atoms with E-state index in [1.54, 1.807) is 6.07 Å². The van der Waals surface area contributed by atoms with Gasteiger partial charge in [0, 0.05) is 43.3 Å². The average molecular weight is 583 g/mol. The fraction of sp³-hybridized carbons (Fsp3) is 0.0541. The van der Waals surface area contributed by atoms with E-state index in [0.717, 1.165) is 32.3 Å². The largest absolute Gasteiger partial charge is 0.313 e. The lowest BCUT2D eigenvalue weighted by Gasteiger charge is -2.27. The van der Waals surface area contributed by atoms with Gasteiger partial charge >= 0.3 is 0 Å². The first-order valence-corrected chi connectivity index (χ1v) is 17.5. The maximum atomic E-state index is 15.1. The molecule has 5 aromatic carbocycles. The summed E-state index contributed by atoms with van der Waals surface area (Å²) in [5.41, 5.74) is 2.46. The van der Waals surface area contributed by atoms with Crippen molar-refractivity contribution in [3.05, 3.63) is 163 Å². The number of hydrogen-bond acceptors (Lipinski definition) is 3. The van der Waals surface area contributed by atoms with Crippen LogP contribution in [0.3, 0.4) is 0 Å². The van der Waals surface area contributed by atoms with Crippen LogP contribution in [-0.4, -0.2) is 11.4 Å². The van der Waals surface area contributed by atoms with Gasteiger partial charge < -0.3 is 9.13 Å². The molecule has 42 heavy (non-hydrogen) atoms. The highest BCUT2D eigenvalue weighted by molar-refractivity contribution is 7.85. The van der Waals surface area contributed by atoms with E-state index in [4.69, 9.17) is 0 Å². The molecule has 5 aromatic rings. The van der Waals surface area contributed by atoms with Crippen LogP contribution in [0.5, 0.6) is 0 Å². The van der Waals surface area contributed by atoms with Gasteiger partial charge in [0.25, 0.3) is 0 Å². The summed E-state index contributed by atoms with van der Waals surface area (Å²) in [6, 6.07) is 39.9. The smallest absolute Gasteiger partial charge is 0.194 e. The van der Waals surface area contributed by atoms with Crippen LogP contribution >= 0.6 is 14.3 Å². The lowest BCUT2D eigenvalue weighted by atomic mass is 10.1. The summed E-state index contributed by atoms with van der Waals surface area (Å²) in [7, 11) is -6.34. The van der Waals surface area contributed by atoms with Crippen LogP contribution in [0.4, 0.5) is 0 Å². The number of fused-ring (bicyclic) bond motifs is 3. The molecule has 2 atom stereocenters. The van der Waals surface area contributed by atoms with Gasteiger partial charge in [0.15, 0.2) is 12.9 Å². The molecule has 0 spiro atoms. The van der Waals surface area contributed by atoms with Crippen LogP contribution in [0.1, 0.15) is 22.3 Å². The highest BCUT2D eigenvalue weighted by Crippen LogP contribution is 2.53. The normalized spacial score (nSPS) is 17.0. The summed E-state index contributed by atoms with van der Waals surface area (Å²) in [5.74, 6) is -0.0672. The van der Waals surface area contributed by atoms with Crippen molar-refractivity contribution in [1.29, 1.82) is 0 Å². The van der Waals surface area contributed by atoms with Crippen LogP contribution in [-0.2, 0) is 9.13 Å². The molecule has 204 valence electrons. The van der Waals surface area contributed by atoms with Crippen LogP contribution in [0.15, 0.2) is 152 Å². The van der Waals surface area contributed by atoms with Crippen molar-refractivity contribution < 1.29 is 13.9 Å². The number of allylic oxidation sites excluding steroid dienone is 4. The molecule has 0 N–H and O–H groups in total. The summed E-state index contributed by atoms with van der Waals surface area (Å²) in [5, 5.41) is 3.65. The number of rotatable bonds is 6. The fourth-order valence-electron chi connectivity index (χ4n) is 6.20. The molecule has 0 aromatic heterocycles. The Labute approximate surface area is 246 Å². The minimum absolute atomic E-state index is 0.0672. The predicted octanol–water partition coefficient (Wildman–Crippen LogP) is 6.74. The lowest BCUT2D eigenvalue weighted by molar-refractivity contribution is 0.104. The minimum atomic E-state index is -3.24. The Balaban J connectivity index is 1.42. The molecule has 0 amide bonds. The van der Waals surface area contributed by atoms with Crippen molar-refractivity contribution in [3.8, 4) is 11.1 Å². The SMILES string of the molecule is O=C1c2ccc(P(=O)(c3ccccc3)c3ccccc3)cc2-c2cc(P(=O)(c3ccccc3)C3C=CC=CC3)ccc21. The number of hydrogen-bond donors (Lipinski definition) is 0. The Kier molecular flexibility index (Phi) is 6.66. The second kappa shape index (κ2) is 10.5. The standard InChI is InChI=1S/C37H28O3P2/c38-37-33-23-21-31(41(39,27-13-5-1-6-14-27)28-15-7-2-8-16-28)25-35(33)36-26-32(22-24-34(36)37)42(40,29-17-9-3-10-18-29)30-19-11-4-12-20-30/h1-19,21-26,30H,20H2. The molecule has 3 nitrogen and oxygen atoms in total. The Morgan fingerprint density at radius 3 is 1.52 bits per heavy atom. The third-order valence-corrected chi connectivity index (χ3v) is 14.8. The molecule has 2 unspecified atom stereocenters. The van der Waals surface area contributed by atoms with Gasteiger partial charge in [0.2, 0.25) is 0 Å². The molecule has 0 saturated heterocycles. The van der Waals surface area contributed by atoms with Gasteiger partial charge in [-0.15, -0.1) is 0 Å². The summed E-state index contributed by atoms with van der Waals surface area (Å²) < 4.78 is 30.2. The van der Waals surface area contributed by atoms with Gasteiger partial charge in [-0.05, 0) is 41.8 Å². The molecule has 2 aliphatic carbocycles. The Bertz CT molecular complexity index is 1930. The van der Waals surface area contributed by atoms with Crippen LogP contribution in [0.2, 0.25) is 0 Å². The molecule has 7 rings (SSSR count). The van der Waals surface area contributed by atoms with E-state index < -0.39 is 14.3 Å². The quantitative estimate of drug-likeness (QED) is 0.205. The molecule has 2 aliphatic rings. The lowest BCUT2D eigenvalue weighted by Crippen LogP contribution is -2.25. The van der Waals surface area contributed by atoms with Crippen LogP contribution in [0.25, 0.3) is 11.1 Å². The van der Waals surface area contributed by atoms with E-state index >= 15 is 9.13 Å². The van der Waals surface area contributed by atoms with Crippen molar-refractivity contribution in [1.82, 2.24) is 0 Å². The summed E-state index contributed by atoms with van der Waals surface area (Å²) >= 11 is 0. The maximum absolute atomic E-state index is 15.1. The van der Waals surface area contributed by atoms with E-state index in [1.165, 1.54) is 0 Å². The molecule has 0 fully saturated rings. The van der Waals surface area contributed by atoms with E-state index in [2.05, 4.69) is 6.08 Å². The first-order valence-electron chi connectivity index (χ1n) is 14.1. The summed E-state index contributed by atoms with van der Waals surface area (Å²) in [6.45, 7) is 0. The summed E-state index contributed by atoms with van der Waals surface area (Å²) in [4.78, 5) is 13.6.